The van der Waals surface area contributed by atoms with E-state index >= 15 is 0 Å². The maximum Gasteiger partial charge on any atom is 0.229 e. The molecule has 0 bridgehead atoms. The van der Waals surface area contributed by atoms with Crippen molar-refractivity contribution in [1.29, 1.82) is 0 Å². The van der Waals surface area contributed by atoms with E-state index < -0.39 is 0 Å². The fraction of sp³-hybridized carbons (Fsp3) is 0.429. The van der Waals surface area contributed by atoms with E-state index in [1.807, 2.05) is 0 Å². The summed E-state index contributed by atoms with van der Waals surface area (Å²) >= 11 is 0. The van der Waals surface area contributed by atoms with E-state index in [4.69, 9.17) is 10.5 Å². The molecule has 1 aliphatic heterocycles. The number of nitrogens with two attached hydrogens (primary N) is 1. The number of methoxy groups -OCH3 is 1. The Morgan fingerprint density at radius 2 is 2.19 bits per heavy atom. The number of nitrogens with one attached hydrogen (secondary N) is 1. The van der Waals surface area contributed by atoms with Gasteiger partial charge in [-0.15, -0.1) is 12.4 Å². The summed E-state index contributed by atoms with van der Waals surface area (Å²) in [7, 11) is 1.59. The number of hydrogen-bond donors (Lipinski definition) is 2. The van der Waals surface area contributed by atoms with Gasteiger partial charge in [-0.1, -0.05) is 12.1 Å². The van der Waals surface area contributed by atoms with E-state index in [1.165, 1.54) is 0 Å². The van der Waals surface area contributed by atoms with E-state index in [0.29, 0.717) is 31.1 Å². The van der Waals surface area contributed by atoms with E-state index in [2.05, 4.69) is 5.32 Å². The van der Waals surface area contributed by atoms with Gasteiger partial charge in [0, 0.05) is 26.6 Å². The Bertz CT molecular complexity index is 510. The fourth-order valence-electron chi connectivity index (χ4n) is 2.21. The van der Waals surface area contributed by atoms with Crippen LogP contribution in [-0.4, -0.2) is 43.5 Å². The second-order valence-corrected chi connectivity index (χ2v) is 4.81. The first kappa shape index (κ1) is 17.3. The maximum absolute atomic E-state index is 12.2. The molecular formula is C14H20ClN3O3. The molecule has 1 heterocycles. The molecule has 1 aromatic rings. The number of amides is 2. The van der Waals surface area contributed by atoms with Gasteiger partial charge in [-0.25, -0.2) is 0 Å². The Balaban J connectivity index is 0.00000220. The van der Waals surface area contributed by atoms with Gasteiger partial charge in [0.15, 0.2) is 0 Å². The molecule has 0 radical (unpaired) electrons. The SMILES string of the molecule is COCCN1CC(C(=O)Nc2ccccc2N)CC1=O.Cl. The number of benzene rings is 1. The summed E-state index contributed by atoms with van der Waals surface area (Å²) in [6, 6.07) is 7.07. The molecule has 1 aromatic carbocycles. The molecule has 1 saturated heterocycles. The van der Waals surface area contributed by atoms with Crippen LogP contribution in [0.4, 0.5) is 11.4 Å². The predicted molar refractivity (Wildman–Crippen MR) is 83.3 cm³/mol. The molecule has 3 N–H and O–H groups in total. The molecule has 2 rings (SSSR count). The summed E-state index contributed by atoms with van der Waals surface area (Å²) in [4.78, 5) is 25.6. The van der Waals surface area contributed by atoms with Crippen LogP contribution in [0.15, 0.2) is 24.3 Å². The zero-order valence-corrected chi connectivity index (χ0v) is 12.7. The highest BCUT2D eigenvalue weighted by Gasteiger charge is 2.34. The van der Waals surface area contributed by atoms with Crippen molar-refractivity contribution in [3.05, 3.63) is 24.3 Å². The normalized spacial score (nSPS) is 17.5. The first-order valence-corrected chi connectivity index (χ1v) is 6.54. The second kappa shape index (κ2) is 7.85. The molecule has 0 aliphatic carbocycles. The van der Waals surface area contributed by atoms with Crippen LogP contribution < -0.4 is 11.1 Å². The van der Waals surface area contributed by atoms with Crippen LogP contribution in [0, 0.1) is 5.92 Å². The molecule has 116 valence electrons. The van der Waals surface area contributed by atoms with Crippen LogP contribution in [0.3, 0.4) is 0 Å². The average Bonchev–Trinajstić information content (AvgIpc) is 2.80. The minimum Gasteiger partial charge on any atom is -0.397 e. The molecule has 0 aromatic heterocycles. The summed E-state index contributed by atoms with van der Waals surface area (Å²) in [5.41, 5.74) is 6.88. The van der Waals surface area contributed by atoms with Crippen LogP contribution in [0.25, 0.3) is 0 Å². The molecule has 6 nitrogen and oxygen atoms in total. The maximum atomic E-state index is 12.2. The molecule has 1 aliphatic rings. The van der Waals surface area contributed by atoms with Crippen LogP contribution in [-0.2, 0) is 14.3 Å². The summed E-state index contributed by atoms with van der Waals surface area (Å²) < 4.78 is 4.95. The van der Waals surface area contributed by atoms with Crippen LogP contribution >= 0.6 is 12.4 Å². The number of ether oxygens (including phenoxy) is 1. The highest BCUT2D eigenvalue weighted by atomic mass is 35.5. The Morgan fingerprint density at radius 1 is 1.48 bits per heavy atom. The van der Waals surface area contributed by atoms with Crippen molar-refractivity contribution in [3.8, 4) is 0 Å². The lowest BCUT2D eigenvalue weighted by Gasteiger charge is -2.16. The third-order valence-electron chi connectivity index (χ3n) is 3.37. The third-order valence-corrected chi connectivity index (χ3v) is 3.37. The topological polar surface area (TPSA) is 84.7 Å². The highest BCUT2D eigenvalue weighted by Crippen LogP contribution is 2.22. The summed E-state index contributed by atoms with van der Waals surface area (Å²) in [5.74, 6) is -0.515. The molecule has 2 amide bonds. The molecule has 7 heteroatoms. The van der Waals surface area contributed by atoms with Crippen molar-refractivity contribution >= 4 is 35.6 Å². The lowest BCUT2D eigenvalue weighted by molar-refractivity contribution is -0.128. The predicted octanol–water partition coefficient (Wildman–Crippen LogP) is 1.12. The van der Waals surface area contributed by atoms with Gasteiger partial charge in [0.25, 0.3) is 0 Å². The zero-order valence-electron chi connectivity index (χ0n) is 11.9. The number of hydrogen-bond acceptors (Lipinski definition) is 4. The molecule has 0 saturated carbocycles. The number of para-hydroxylation sites is 2. The van der Waals surface area contributed by atoms with Gasteiger partial charge in [-0.2, -0.15) is 0 Å². The number of anilines is 2. The highest BCUT2D eigenvalue weighted by molar-refractivity contribution is 5.99. The second-order valence-electron chi connectivity index (χ2n) is 4.81. The van der Waals surface area contributed by atoms with Crippen molar-refractivity contribution in [2.75, 3.05) is 37.9 Å². The first-order valence-electron chi connectivity index (χ1n) is 6.54. The van der Waals surface area contributed by atoms with E-state index in [0.717, 1.165) is 0 Å². The molecular weight excluding hydrogens is 294 g/mol. The van der Waals surface area contributed by atoms with Gasteiger partial charge in [0.2, 0.25) is 11.8 Å². The Labute approximate surface area is 130 Å². The first-order chi connectivity index (χ1) is 9.61. The molecule has 1 atom stereocenters. The lowest BCUT2D eigenvalue weighted by Crippen LogP contribution is -2.30. The smallest absolute Gasteiger partial charge is 0.229 e. The lowest BCUT2D eigenvalue weighted by atomic mass is 10.1. The van der Waals surface area contributed by atoms with Gasteiger partial charge >= 0.3 is 0 Å². The minimum atomic E-state index is -0.334. The summed E-state index contributed by atoms with van der Waals surface area (Å²) in [5, 5.41) is 2.78. The monoisotopic (exact) mass is 313 g/mol. The van der Waals surface area contributed by atoms with Crippen LogP contribution in [0.1, 0.15) is 6.42 Å². The summed E-state index contributed by atoms with van der Waals surface area (Å²) in [6.07, 6.45) is 0.238. The fourth-order valence-corrected chi connectivity index (χ4v) is 2.21. The Morgan fingerprint density at radius 3 is 2.86 bits per heavy atom. The number of nitrogen functional groups attached to an aromatic ring is 1. The van der Waals surface area contributed by atoms with Gasteiger partial charge in [-0.3, -0.25) is 9.59 Å². The number of likely N-dealkylation sites (tertiary alicyclic amines) is 1. The van der Waals surface area contributed by atoms with Crippen molar-refractivity contribution in [1.82, 2.24) is 4.90 Å². The zero-order chi connectivity index (χ0) is 14.5. The Hall–Kier alpha value is -1.79. The standard InChI is InChI=1S/C14H19N3O3.ClH/c1-20-7-6-17-9-10(8-13(17)18)14(19)16-12-5-3-2-4-11(12)15;/h2-5,10H,6-9,15H2,1H3,(H,16,19);1H. The molecule has 1 fully saturated rings. The number of nitrogens with zero attached hydrogens (tertiary/aromatic N) is 1. The Kier molecular flexibility index (Phi) is 6.45. The van der Waals surface area contributed by atoms with Crippen LogP contribution in [0.2, 0.25) is 0 Å². The number of rotatable bonds is 5. The molecule has 1 unspecified atom stereocenters. The minimum absolute atomic E-state index is 0. The largest absolute Gasteiger partial charge is 0.397 e. The van der Waals surface area contributed by atoms with E-state index in [-0.39, 0.29) is 36.6 Å². The number of halogens is 1. The molecule has 21 heavy (non-hydrogen) atoms. The average molecular weight is 314 g/mol. The summed E-state index contributed by atoms with van der Waals surface area (Å²) in [6.45, 7) is 1.43. The molecule has 0 spiro atoms. The van der Waals surface area contributed by atoms with Crippen LogP contribution in [0.5, 0.6) is 0 Å². The van der Waals surface area contributed by atoms with E-state index in [9.17, 15) is 9.59 Å². The number of carbonyl (C=O) groups excluding carboxylic acids is 2. The third kappa shape index (κ3) is 4.34. The van der Waals surface area contributed by atoms with Crippen molar-refractivity contribution in [2.24, 2.45) is 5.92 Å². The van der Waals surface area contributed by atoms with Crippen molar-refractivity contribution in [3.63, 3.8) is 0 Å². The van der Waals surface area contributed by atoms with Crippen molar-refractivity contribution < 1.29 is 14.3 Å². The van der Waals surface area contributed by atoms with Gasteiger partial charge in [0.1, 0.15) is 0 Å². The number of carbonyl (C=O) groups is 2. The van der Waals surface area contributed by atoms with Gasteiger partial charge < -0.3 is 20.7 Å². The van der Waals surface area contributed by atoms with E-state index in [1.54, 1.807) is 36.3 Å². The van der Waals surface area contributed by atoms with Gasteiger partial charge in [-0.05, 0) is 12.1 Å². The van der Waals surface area contributed by atoms with Gasteiger partial charge in [0.05, 0.1) is 23.9 Å². The quantitative estimate of drug-likeness (QED) is 0.798. The van der Waals surface area contributed by atoms with Crippen molar-refractivity contribution in [2.45, 2.75) is 6.42 Å².